The third-order valence-electron chi connectivity index (χ3n) is 3.35. The number of aliphatic hydroxyl groups is 1. The van der Waals surface area contributed by atoms with Gasteiger partial charge in [-0.3, -0.25) is 0 Å². The molecule has 0 aliphatic carbocycles. The summed E-state index contributed by atoms with van der Waals surface area (Å²) in [5.41, 5.74) is 1.33. The van der Waals surface area contributed by atoms with Crippen LogP contribution in [0.3, 0.4) is 0 Å². The number of ether oxygens (including phenoxy) is 1. The monoisotopic (exact) mass is 354 g/mol. The molecule has 3 rings (SSSR count). The fourth-order valence-corrected chi connectivity index (χ4v) is 2.34. The van der Waals surface area contributed by atoms with E-state index < -0.39 is 18.3 Å². The molecule has 0 atom stereocenters. The molecule has 0 aliphatic rings. The Hall–Kier alpha value is -3.37. The van der Waals surface area contributed by atoms with Crippen LogP contribution in [0.15, 0.2) is 48.4 Å². The molecule has 0 fully saturated rings. The zero-order chi connectivity index (χ0) is 17.8. The fourth-order valence-electron chi connectivity index (χ4n) is 2.15. The highest BCUT2D eigenvalue weighted by atomic mass is 35.5. The maximum Gasteiger partial charge on any atom is 0.341 e. The van der Waals surface area contributed by atoms with Gasteiger partial charge in [0, 0.05) is 6.20 Å². The Bertz CT molecular complexity index is 987. The van der Waals surface area contributed by atoms with E-state index in [-0.39, 0.29) is 22.1 Å². The van der Waals surface area contributed by atoms with Crippen LogP contribution in [-0.4, -0.2) is 32.6 Å². The number of nitrogens with one attached hydrogen (secondary N) is 1. The summed E-state index contributed by atoms with van der Waals surface area (Å²) >= 11 is 5.81. The molecule has 0 saturated heterocycles. The average molecular weight is 355 g/mol. The summed E-state index contributed by atoms with van der Waals surface area (Å²) in [5, 5.41) is 19.4. The van der Waals surface area contributed by atoms with Gasteiger partial charge in [0.05, 0.1) is 16.6 Å². The first-order valence-electron chi connectivity index (χ1n) is 7.15. The first kappa shape index (κ1) is 16.5. The highest BCUT2D eigenvalue weighted by Crippen LogP contribution is 2.19. The Morgan fingerprint density at radius 3 is 2.84 bits per heavy atom. The van der Waals surface area contributed by atoms with Gasteiger partial charge in [-0.1, -0.05) is 23.7 Å². The summed E-state index contributed by atoms with van der Waals surface area (Å²) < 4.78 is 4.99. The number of allylic oxidation sites excluding steroid dienone is 1. The van der Waals surface area contributed by atoms with E-state index in [0.29, 0.717) is 5.52 Å². The highest BCUT2D eigenvalue weighted by molar-refractivity contribution is 6.32. The number of nitrogens with zero attached hydrogens (tertiary/aromatic N) is 3. The van der Waals surface area contributed by atoms with Crippen LogP contribution in [0, 0.1) is 11.3 Å². The number of halogens is 1. The van der Waals surface area contributed by atoms with E-state index in [2.05, 4.69) is 15.0 Å². The van der Waals surface area contributed by atoms with Crippen molar-refractivity contribution in [3.05, 3.63) is 64.9 Å². The van der Waals surface area contributed by atoms with Crippen molar-refractivity contribution in [3.63, 3.8) is 0 Å². The molecule has 0 radical (unpaired) electrons. The number of nitriles is 1. The Morgan fingerprint density at radius 1 is 1.32 bits per heavy atom. The van der Waals surface area contributed by atoms with Crippen LogP contribution in [0.4, 0.5) is 0 Å². The van der Waals surface area contributed by atoms with Crippen LogP contribution in [-0.2, 0) is 4.74 Å². The van der Waals surface area contributed by atoms with Crippen molar-refractivity contribution < 1.29 is 14.6 Å². The second kappa shape index (κ2) is 7.03. The molecule has 124 valence electrons. The number of imidazole rings is 1. The zero-order valence-electron chi connectivity index (χ0n) is 12.7. The first-order chi connectivity index (χ1) is 12.1. The van der Waals surface area contributed by atoms with Crippen molar-refractivity contribution in [1.82, 2.24) is 15.0 Å². The summed E-state index contributed by atoms with van der Waals surface area (Å²) in [6, 6.07) is 12.0. The molecule has 2 N–H and O–H groups in total. The van der Waals surface area contributed by atoms with Crippen LogP contribution in [0.5, 0.6) is 0 Å². The number of aromatic amines is 1. The second-order valence-electron chi connectivity index (χ2n) is 4.95. The topological polar surface area (TPSA) is 112 Å². The summed E-state index contributed by atoms with van der Waals surface area (Å²) in [7, 11) is 0. The molecule has 0 unspecified atom stereocenters. The third kappa shape index (κ3) is 3.44. The van der Waals surface area contributed by atoms with Crippen molar-refractivity contribution in [1.29, 1.82) is 5.26 Å². The van der Waals surface area contributed by atoms with Gasteiger partial charge >= 0.3 is 5.97 Å². The van der Waals surface area contributed by atoms with Crippen LogP contribution in [0.2, 0.25) is 5.15 Å². The van der Waals surface area contributed by atoms with Gasteiger partial charge in [0.2, 0.25) is 0 Å². The number of carbonyl (C=O) groups is 1. The Kier molecular flexibility index (Phi) is 4.64. The molecule has 25 heavy (non-hydrogen) atoms. The molecule has 0 saturated carbocycles. The Balaban J connectivity index is 1.81. The number of hydrogen-bond acceptors (Lipinski definition) is 6. The van der Waals surface area contributed by atoms with Gasteiger partial charge in [-0.05, 0) is 24.3 Å². The molecule has 1 aromatic carbocycles. The number of aromatic nitrogens is 3. The number of aliphatic hydroxyl groups excluding tert-OH is 1. The van der Waals surface area contributed by atoms with Crippen LogP contribution in [0.25, 0.3) is 16.6 Å². The molecular weight excluding hydrogens is 344 g/mol. The van der Waals surface area contributed by atoms with E-state index in [1.54, 1.807) is 12.1 Å². The predicted molar refractivity (Wildman–Crippen MR) is 90.8 cm³/mol. The van der Waals surface area contributed by atoms with Crippen molar-refractivity contribution in [2.24, 2.45) is 0 Å². The lowest BCUT2D eigenvalue weighted by Crippen LogP contribution is -2.10. The average Bonchev–Trinajstić information content (AvgIpc) is 3.04. The maximum absolute atomic E-state index is 12.0. The largest absolute Gasteiger partial charge is 0.507 e. The predicted octanol–water partition coefficient (Wildman–Crippen LogP) is 3.26. The summed E-state index contributed by atoms with van der Waals surface area (Å²) in [6.07, 6.45) is 1.44. The van der Waals surface area contributed by atoms with E-state index in [4.69, 9.17) is 16.3 Å². The third-order valence-corrected chi connectivity index (χ3v) is 3.65. The standard InChI is InChI=1S/C17H11ClN4O3/c18-15-10(4-3-7-20-15)17(24)25-9-14(23)11(8-19)16-21-12-5-1-2-6-13(12)22-16/h1-7,23H,9H2,(H,21,22). The highest BCUT2D eigenvalue weighted by Gasteiger charge is 2.17. The minimum absolute atomic E-state index is 0.00578. The van der Waals surface area contributed by atoms with E-state index >= 15 is 0 Å². The number of fused-ring (bicyclic) bond motifs is 1. The molecule has 2 aromatic heterocycles. The lowest BCUT2D eigenvalue weighted by molar-refractivity contribution is 0.0502. The Morgan fingerprint density at radius 2 is 2.12 bits per heavy atom. The summed E-state index contributed by atoms with van der Waals surface area (Å²) in [5.74, 6) is -0.988. The van der Waals surface area contributed by atoms with E-state index in [0.717, 1.165) is 5.52 Å². The molecule has 7 nitrogen and oxygen atoms in total. The van der Waals surface area contributed by atoms with Gasteiger partial charge in [0.1, 0.15) is 23.4 Å². The van der Waals surface area contributed by atoms with Crippen LogP contribution < -0.4 is 0 Å². The quantitative estimate of drug-likeness (QED) is 0.322. The molecule has 2 heterocycles. The normalized spacial score (nSPS) is 11.7. The van der Waals surface area contributed by atoms with Gasteiger partial charge < -0.3 is 14.8 Å². The van der Waals surface area contributed by atoms with E-state index in [1.807, 2.05) is 18.2 Å². The molecule has 3 aromatic rings. The lowest BCUT2D eigenvalue weighted by Gasteiger charge is -2.06. The number of hydrogen-bond donors (Lipinski definition) is 2. The Labute approximate surface area is 147 Å². The first-order valence-corrected chi connectivity index (χ1v) is 7.53. The van der Waals surface area contributed by atoms with Crippen molar-refractivity contribution in [2.75, 3.05) is 6.61 Å². The lowest BCUT2D eigenvalue weighted by atomic mass is 10.2. The zero-order valence-corrected chi connectivity index (χ0v) is 13.5. The number of esters is 1. The van der Waals surface area contributed by atoms with Crippen LogP contribution >= 0.6 is 11.6 Å². The van der Waals surface area contributed by atoms with Crippen molar-refractivity contribution in [3.8, 4) is 6.07 Å². The number of benzene rings is 1. The van der Waals surface area contributed by atoms with E-state index in [9.17, 15) is 15.2 Å². The van der Waals surface area contributed by atoms with E-state index in [1.165, 1.54) is 18.3 Å². The smallest absolute Gasteiger partial charge is 0.341 e. The molecule has 0 amide bonds. The van der Waals surface area contributed by atoms with Gasteiger partial charge in [0.15, 0.2) is 11.6 Å². The SMILES string of the molecule is N#CC(=C(O)COC(=O)c1cccnc1Cl)c1nc2ccccc2[nH]1. The van der Waals surface area contributed by atoms with Crippen LogP contribution in [0.1, 0.15) is 16.2 Å². The van der Waals surface area contributed by atoms with Gasteiger partial charge in [0.25, 0.3) is 0 Å². The molecule has 0 spiro atoms. The number of para-hydroxylation sites is 2. The molecule has 8 heteroatoms. The van der Waals surface area contributed by atoms with Crippen molar-refractivity contribution >= 4 is 34.2 Å². The number of carbonyl (C=O) groups excluding carboxylic acids is 1. The second-order valence-corrected chi connectivity index (χ2v) is 5.31. The number of H-pyrrole nitrogens is 1. The van der Waals surface area contributed by atoms with Gasteiger partial charge in [-0.25, -0.2) is 14.8 Å². The minimum atomic E-state index is -0.758. The molecular formula is C17H11ClN4O3. The summed E-state index contributed by atoms with van der Waals surface area (Å²) in [6.45, 7) is -0.496. The van der Waals surface area contributed by atoms with Gasteiger partial charge in [-0.15, -0.1) is 0 Å². The van der Waals surface area contributed by atoms with Crippen molar-refractivity contribution in [2.45, 2.75) is 0 Å². The summed E-state index contributed by atoms with van der Waals surface area (Å²) in [4.78, 5) is 22.9. The number of pyridine rings is 1. The van der Waals surface area contributed by atoms with Gasteiger partial charge in [-0.2, -0.15) is 5.26 Å². The maximum atomic E-state index is 12.0. The molecule has 0 aliphatic heterocycles. The molecule has 0 bridgehead atoms. The minimum Gasteiger partial charge on any atom is -0.507 e. The fraction of sp³-hybridized carbons (Fsp3) is 0.0588. The number of rotatable bonds is 4.